The van der Waals surface area contributed by atoms with Crippen LogP contribution in [-0.2, 0) is 13.2 Å². The Hall–Kier alpha value is -1.94. The van der Waals surface area contributed by atoms with Crippen molar-refractivity contribution in [3.8, 4) is 5.75 Å². The minimum atomic E-state index is -0.686. The van der Waals surface area contributed by atoms with E-state index in [1.807, 2.05) is 31.2 Å². The maximum absolute atomic E-state index is 13.4. The molecule has 2 nitrogen and oxygen atoms in total. The molecule has 0 saturated carbocycles. The molecular weight excluding hydrogens is 260 g/mol. The van der Waals surface area contributed by atoms with Crippen LogP contribution in [0.4, 0.5) is 8.78 Å². The molecule has 2 aromatic carbocycles. The first-order chi connectivity index (χ1) is 9.69. The first kappa shape index (κ1) is 14.5. The molecule has 4 heteroatoms. The Bertz CT molecular complexity index is 572. The molecule has 0 fully saturated rings. The van der Waals surface area contributed by atoms with E-state index in [2.05, 4.69) is 5.32 Å². The smallest absolute Gasteiger partial charge is 0.167 e. The van der Waals surface area contributed by atoms with Crippen molar-refractivity contribution in [1.29, 1.82) is 0 Å². The number of rotatable bonds is 6. The molecule has 0 aliphatic carbocycles. The van der Waals surface area contributed by atoms with E-state index in [4.69, 9.17) is 4.74 Å². The van der Waals surface area contributed by atoms with Crippen molar-refractivity contribution in [1.82, 2.24) is 5.32 Å². The van der Waals surface area contributed by atoms with Crippen LogP contribution in [0.5, 0.6) is 5.75 Å². The molecule has 0 amide bonds. The van der Waals surface area contributed by atoms with Crippen LogP contribution in [0.1, 0.15) is 18.1 Å². The van der Waals surface area contributed by atoms with Gasteiger partial charge in [-0.1, -0.05) is 31.2 Å². The summed E-state index contributed by atoms with van der Waals surface area (Å²) in [6.07, 6.45) is 0. The molecule has 0 bridgehead atoms. The lowest BCUT2D eigenvalue weighted by Gasteiger charge is -2.09. The van der Waals surface area contributed by atoms with Crippen LogP contribution in [0, 0.1) is 11.6 Å². The highest BCUT2D eigenvalue weighted by molar-refractivity contribution is 5.27. The fourth-order valence-corrected chi connectivity index (χ4v) is 1.85. The Morgan fingerprint density at radius 3 is 2.60 bits per heavy atom. The molecule has 0 aliphatic rings. The standard InChI is InChI=1S/C16H17F2NO/c1-2-19-10-12-4-3-5-13(8-12)11-20-16-7-6-14(17)9-15(16)18/h3-9,19H,2,10-11H2,1H3. The highest BCUT2D eigenvalue weighted by Gasteiger charge is 2.05. The van der Waals surface area contributed by atoms with Gasteiger partial charge < -0.3 is 10.1 Å². The van der Waals surface area contributed by atoms with Crippen LogP contribution in [0.3, 0.4) is 0 Å². The van der Waals surface area contributed by atoms with Crippen molar-refractivity contribution >= 4 is 0 Å². The highest BCUT2D eigenvalue weighted by atomic mass is 19.1. The Kier molecular flexibility index (Phi) is 5.07. The SMILES string of the molecule is CCNCc1cccc(COc2ccc(F)cc2F)c1. The summed E-state index contributed by atoms with van der Waals surface area (Å²) >= 11 is 0. The van der Waals surface area contributed by atoms with Gasteiger partial charge in [-0.3, -0.25) is 0 Å². The monoisotopic (exact) mass is 277 g/mol. The highest BCUT2D eigenvalue weighted by Crippen LogP contribution is 2.19. The van der Waals surface area contributed by atoms with Gasteiger partial charge in [0.1, 0.15) is 12.4 Å². The Labute approximate surface area is 117 Å². The lowest BCUT2D eigenvalue weighted by molar-refractivity contribution is 0.289. The summed E-state index contributed by atoms with van der Waals surface area (Å²) in [5, 5.41) is 3.24. The van der Waals surface area contributed by atoms with E-state index in [-0.39, 0.29) is 12.4 Å². The molecule has 20 heavy (non-hydrogen) atoms. The molecular formula is C16H17F2NO. The summed E-state index contributed by atoms with van der Waals surface area (Å²) in [4.78, 5) is 0. The number of nitrogens with one attached hydrogen (secondary N) is 1. The number of benzene rings is 2. The van der Waals surface area contributed by atoms with Gasteiger partial charge in [-0.15, -0.1) is 0 Å². The zero-order valence-corrected chi connectivity index (χ0v) is 11.3. The lowest BCUT2D eigenvalue weighted by Crippen LogP contribution is -2.11. The molecule has 0 aromatic heterocycles. The van der Waals surface area contributed by atoms with E-state index >= 15 is 0 Å². The zero-order valence-electron chi connectivity index (χ0n) is 11.3. The number of halogens is 2. The normalized spacial score (nSPS) is 10.6. The van der Waals surface area contributed by atoms with E-state index in [0.717, 1.165) is 30.3 Å². The summed E-state index contributed by atoms with van der Waals surface area (Å²) in [5.41, 5.74) is 2.09. The fourth-order valence-electron chi connectivity index (χ4n) is 1.85. The molecule has 106 valence electrons. The van der Waals surface area contributed by atoms with Crippen LogP contribution in [0.2, 0.25) is 0 Å². The van der Waals surface area contributed by atoms with Gasteiger partial charge in [0.2, 0.25) is 0 Å². The van der Waals surface area contributed by atoms with E-state index in [1.165, 1.54) is 12.1 Å². The van der Waals surface area contributed by atoms with E-state index < -0.39 is 11.6 Å². The molecule has 0 aliphatic heterocycles. The zero-order chi connectivity index (χ0) is 14.4. The summed E-state index contributed by atoms with van der Waals surface area (Å²) in [5.74, 6) is -1.24. The maximum atomic E-state index is 13.4. The molecule has 1 N–H and O–H groups in total. The summed E-state index contributed by atoms with van der Waals surface area (Å²) < 4.78 is 31.6. The average molecular weight is 277 g/mol. The summed E-state index contributed by atoms with van der Waals surface area (Å²) in [7, 11) is 0. The second kappa shape index (κ2) is 7.01. The summed E-state index contributed by atoms with van der Waals surface area (Å²) in [6.45, 7) is 3.99. The van der Waals surface area contributed by atoms with Crippen molar-refractivity contribution in [2.45, 2.75) is 20.1 Å². The van der Waals surface area contributed by atoms with Crippen LogP contribution in [0.25, 0.3) is 0 Å². The van der Waals surface area contributed by atoms with Gasteiger partial charge in [0.05, 0.1) is 0 Å². The Balaban J connectivity index is 1.99. The molecule has 0 spiro atoms. The first-order valence-electron chi connectivity index (χ1n) is 6.55. The molecule has 2 aromatic rings. The van der Waals surface area contributed by atoms with Gasteiger partial charge >= 0.3 is 0 Å². The molecule has 0 atom stereocenters. The minimum Gasteiger partial charge on any atom is -0.486 e. The predicted octanol–water partition coefficient (Wildman–Crippen LogP) is 3.65. The number of ether oxygens (including phenoxy) is 1. The number of hydrogen-bond acceptors (Lipinski definition) is 2. The molecule has 0 saturated heterocycles. The lowest BCUT2D eigenvalue weighted by atomic mass is 10.1. The summed E-state index contributed by atoms with van der Waals surface area (Å²) in [6, 6.07) is 11.2. The molecule has 0 heterocycles. The van der Waals surface area contributed by atoms with E-state index in [0.29, 0.717) is 0 Å². The van der Waals surface area contributed by atoms with Gasteiger partial charge in [-0.2, -0.15) is 0 Å². The van der Waals surface area contributed by atoms with Crippen molar-refractivity contribution in [2.24, 2.45) is 0 Å². The average Bonchev–Trinajstić information content (AvgIpc) is 2.45. The largest absolute Gasteiger partial charge is 0.486 e. The van der Waals surface area contributed by atoms with Gasteiger partial charge in [0, 0.05) is 12.6 Å². The van der Waals surface area contributed by atoms with Crippen LogP contribution in [0.15, 0.2) is 42.5 Å². The Morgan fingerprint density at radius 2 is 1.85 bits per heavy atom. The van der Waals surface area contributed by atoms with Crippen LogP contribution >= 0.6 is 0 Å². The van der Waals surface area contributed by atoms with E-state index in [1.54, 1.807) is 0 Å². The van der Waals surface area contributed by atoms with Gasteiger partial charge in [-0.25, -0.2) is 8.78 Å². The predicted molar refractivity (Wildman–Crippen MR) is 74.5 cm³/mol. The molecule has 0 unspecified atom stereocenters. The van der Waals surface area contributed by atoms with Gasteiger partial charge in [-0.05, 0) is 29.8 Å². The van der Waals surface area contributed by atoms with Crippen molar-refractivity contribution in [2.75, 3.05) is 6.54 Å². The second-order valence-electron chi connectivity index (χ2n) is 4.46. The maximum Gasteiger partial charge on any atom is 0.167 e. The Morgan fingerprint density at radius 1 is 1.05 bits per heavy atom. The molecule has 0 radical (unpaired) electrons. The van der Waals surface area contributed by atoms with E-state index in [9.17, 15) is 8.78 Å². The van der Waals surface area contributed by atoms with Crippen LogP contribution in [-0.4, -0.2) is 6.54 Å². The van der Waals surface area contributed by atoms with Crippen molar-refractivity contribution in [3.63, 3.8) is 0 Å². The van der Waals surface area contributed by atoms with Gasteiger partial charge in [0.15, 0.2) is 11.6 Å². The molecule has 2 rings (SSSR count). The van der Waals surface area contributed by atoms with Crippen LogP contribution < -0.4 is 10.1 Å². The minimum absolute atomic E-state index is 0.0588. The van der Waals surface area contributed by atoms with Gasteiger partial charge in [0.25, 0.3) is 0 Å². The number of hydrogen-bond donors (Lipinski definition) is 1. The quantitative estimate of drug-likeness (QED) is 0.870. The van der Waals surface area contributed by atoms with Crippen molar-refractivity contribution < 1.29 is 13.5 Å². The fraction of sp³-hybridized carbons (Fsp3) is 0.250. The first-order valence-corrected chi connectivity index (χ1v) is 6.55. The second-order valence-corrected chi connectivity index (χ2v) is 4.46. The topological polar surface area (TPSA) is 21.3 Å². The van der Waals surface area contributed by atoms with Crippen molar-refractivity contribution in [3.05, 3.63) is 65.2 Å². The third-order valence-corrected chi connectivity index (χ3v) is 2.86. The third kappa shape index (κ3) is 4.03. The third-order valence-electron chi connectivity index (χ3n) is 2.86.